The molecule has 1 rings (SSSR count). The van der Waals surface area contributed by atoms with E-state index in [0.717, 1.165) is 10.2 Å². The quantitative estimate of drug-likeness (QED) is 0.571. The summed E-state index contributed by atoms with van der Waals surface area (Å²) in [4.78, 5) is 0. The minimum Gasteiger partial charge on any atom is -0.253 e. The van der Waals surface area contributed by atoms with Crippen LogP contribution in [0, 0.1) is 0 Å². The van der Waals surface area contributed by atoms with Crippen LogP contribution in [0.4, 0.5) is 0 Å². The van der Waals surface area contributed by atoms with Crippen molar-refractivity contribution in [2.45, 2.75) is 0 Å². The summed E-state index contributed by atoms with van der Waals surface area (Å²) < 4.78 is 29.5. The van der Waals surface area contributed by atoms with Gasteiger partial charge in [-0.05, 0) is 12.1 Å². The Bertz CT molecular complexity index is 327. The van der Waals surface area contributed by atoms with Crippen molar-refractivity contribution in [3.8, 4) is 0 Å². The molecular weight excluding hydrogens is 138 g/mol. The Morgan fingerprint density at radius 1 is 1.56 bits per heavy atom. The molecule has 0 aromatic carbocycles. The van der Waals surface area contributed by atoms with Crippen LogP contribution in [0.25, 0.3) is 0 Å². The Morgan fingerprint density at radius 3 is 2.44 bits per heavy atom. The van der Waals surface area contributed by atoms with Crippen molar-refractivity contribution < 1.29 is 9.79 Å². The van der Waals surface area contributed by atoms with Gasteiger partial charge in [0.2, 0.25) is 10.0 Å². The third-order valence-electron chi connectivity index (χ3n) is 0.902. The van der Waals surface area contributed by atoms with Crippen LogP contribution in [-0.4, -0.2) is 18.6 Å². The smallest absolute Gasteiger partial charge is 0.235 e. The highest BCUT2D eigenvalue weighted by Gasteiger charge is 1.99. The molecule has 50 valence electrons. The molecule has 0 spiro atoms. The second-order valence-electron chi connectivity index (χ2n) is 1.70. The fourth-order valence-corrected chi connectivity index (χ4v) is 1.02. The zero-order valence-electron chi connectivity index (χ0n) is 5.90. The van der Waals surface area contributed by atoms with Gasteiger partial charge in [-0.2, -0.15) is 0 Å². The number of nitrogens with zero attached hydrogens (tertiary/aromatic N) is 1. The van der Waals surface area contributed by atoms with Gasteiger partial charge in [-0.15, -0.1) is 0 Å². The predicted octanol–water partition coefficient (Wildman–Crippen LogP) is 0.296. The molecule has 0 aliphatic rings. The largest absolute Gasteiger partial charge is 0.253 e. The van der Waals surface area contributed by atoms with Crippen LogP contribution in [0.3, 0.4) is 0 Å². The molecule has 0 fully saturated rings. The Balaban J connectivity index is 3.21. The van der Waals surface area contributed by atoms with Crippen molar-refractivity contribution in [3.05, 3.63) is 24.5 Å². The van der Waals surface area contributed by atoms with Crippen molar-refractivity contribution in [1.82, 2.24) is 3.97 Å². The lowest BCUT2D eigenvalue weighted by atomic mass is 10.7. The van der Waals surface area contributed by atoms with Crippen LogP contribution < -0.4 is 0 Å². The van der Waals surface area contributed by atoms with Gasteiger partial charge in [-0.3, -0.25) is 3.97 Å². The number of rotatable bonds is 1. The first-order valence-electron chi connectivity index (χ1n) is 2.85. The van der Waals surface area contributed by atoms with Gasteiger partial charge >= 0.3 is 0 Å². The molecule has 0 bridgehead atoms. The number of aromatic nitrogens is 1. The zero-order valence-corrected chi connectivity index (χ0v) is 5.72. The third-order valence-corrected chi connectivity index (χ3v) is 1.90. The second-order valence-corrected chi connectivity index (χ2v) is 3.59. The summed E-state index contributed by atoms with van der Waals surface area (Å²) in [7, 11) is -3.19. The van der Waals surface area contributed by atoms with Crippen molar-refractivity contribution in [2.24, 2.45) is 0 Å². The first-order chi connectivity index (χ1) is 4.50. The molecule has 4 heteroatoms. The molecule has 0 saturated carbocycles. The van der Waals surface area contributed by atoms with E-state index in [1.54, 1.807) is 0 Å². The van der Waals surface area contributed by atoms with Crippen molar-refractivity contribution >= 4 is 10.0 Å². The summed E-state index contributed by atoms with van der Waals surface area (Å²) in [5, 5.41) is 0. The number of hydrogen-bond donors (Lipinski definition) is 0. The molecule has 1 aromatic heterocycles. The van der Waals surface area contributed by atoms with E-state index in [1.165, 1.54) is 18.5 Å². The normalized spacial score (nSPS) is 13.2. The van der Waals surface area contributed by atoms with Crippen molar-refractivity contribution in [3.63, 3.8) is 0 Å². The predicted molar refractivity (Wildman–Crippen MR) is 34.7 cm³/mol. The van der Waals surface area contributed by atoms with Crippen LogP contribution in [0.2, 0.25) is 0 Å². The van der Waals surface area contributed by atoms with E-state index in [2.05, 4.69) is 0 Å². The molecule has 0 saturated heterocycles. The monoisotopic (exact) mass is 146 g/mol. The van der Waals surface area contributed by atoms with Gasteiger partial charge in [0, 0.05) is 12.4 Å². The van der Waals surface area contributed by atoms with E-state index in [4.69, 9.17) is 1.37 Å². The van der Waals surface area contributed by atoms with E-state index >= 15 is 0 Å². The maximum Gasteiger partial charge on any atom is 0.235 e. The van der Waals surface area contributed by atoms with Crippen LogP contribution in [0.15, 0.2) is 24.5 Å². The molecule has 0 radical (unpaired) electrons. The Labute approximate surface area is 55.4 Å². The molecule has 3 nitrogen and oxygen atoms in total. The average molecular weight is 146 g/mol. The van der Waals surface area contributed by atoms with Gasteiger partial charge < -0.3 is 0 Å². The van der Waals surface area contributed by atoms with E-state index in [-0.39, 0.29) is 6.04 Å². The van der Waals surface area contributed by atoms with Crippen molar-refractivity contribution in [2.75, 3.05) is 6.26 Å². The second kappa shape index (κ2) is 1.88. The lowest BCUT2D eigenvalue weighted by Gasteiger charge is -1.94. The molecule has 0 unspecified atom stereocenters. The van der Waals surface area contributed by atoms with E-state index < -0.39 is 10.0 Å². The third kappa shape index (κ3) is 1.32. The maximum absolute atomic E-state index is 10.7. The van der Waals surface area contributed by atoms with Crippen LogP contribution >= 0.6 is 0 Å². The summed E-state index contributed by atoms with van der Waals surface area (Å²) in [5.41, 5.74) is 0. The minimum atomic E-state index is -3.19. The van der Waals surface area contributed by atoms with Gasteiger partial charge in [-0.1, -0.05) is 0 Å². The first-order valence-corrected chi connectivity index (χ1v) is 4.20. The van der Waals surface area contributed by atoms with E-state index in [1.807, 2.05) is 0 Å². The molecular formula is C5H7NO2S. The Morgan fingerprint density at radius 2 is 2.22 bits per heavy atom. The van der Waals surface area contributed by atoms with Crippen LogP contribution in [0.5, 0.6) is 0 Å². The molecule has 1 heterocycles. The zero-order chi connectivity index (χ0) is 7.78. The highest BCUT2D eigenvalue weighted by atomic mass is 32.2. The highest BCUT2D eigenvalue weighted by Crippen LogP contribution is 1.93. The first kappa shape index (κ1) is 5.05. The van der Waals surface area contributed by atoms with Crippen LogP contribution in [0.1, 0.15) is 1.37 Å². The fourth-order valence-electron chi connectivity index (χ4n) is 0.482. The van der Waals surface area contributed by atoms with Gasteiger partial charge in [0.05, 0.1) is 7.63 Å². The topological polar surface area (TPSA) is 39.1 Å². The highest BCUT2D eigenvalue weighted by molar-refractivity contribution is 7.89. The van der Waals surface area contributed by atoms with Crippen LogP contribution in [-0.2, 0) is 10.0 Å². The Hall–Kier alpha value is -0.770. The van der Waals surface area contributed by atoms with Gasteiger partial charge in [-0.25, -0.2) is 8.42 Å². The summed E-state index contributed by atoms with van der Waals surface area (Å²) in [6, 6.07) is 1.62. The lowest BCUT2D eigenvalue weighted by Crippen LogP contribution is -2.06. The molecule has 1 aromatic rings. The Kier molecular flexibility index (Phi) is 1.05. The molecule has 0 amide bonds. The molecule has 0 aliphatic heterocycles. The molecule has 0 N–H and O–H groups in total. The molecule has 9 heavy (non-hydrogen) atoms. The number of hydrogen-bond acceptors (Lipinski definition) is 2. The van der Waals surface area contributed by atoms with Gasteiger partial charge in [0.25, 0.3) is 0 Å². The van der Waals surface area contributed by atoms with E-state index in [0.29, 0.717) is 0 Å². The summed E-state index contributed by atoms with van der Waals surface area (Å²) in [6.45, 7) is 0. The molecule has 0 aliphatic carbocycles. The van der Waals surface area contributed by atoms with Crippen molar-refractivity contribution in [1.29, 1.82) is 0 Å². The summed E-state index contributed by atoms with van der Waals surface area (Å²) >= 11 is 0. The minimum absolute atomic E-state index is 0.199. The summed E-state index contributed by atoms with van der Waals surface area (Å²) in [5.74, 6) is 0. The maximum atomic E-state index is 10.7. The average Bonchev–Trinajstić information content (AvgIpc) is 2.11. The summed E-state index contributed by atoms with van der Waals surface area (Å²) in [6.07, 6.45) is 3.68. The van der Waals surface area contributed by atoms with Gasteiger partial charge in [0.15, 0.2) is 0 Å². The lowest BCUT2D eigenvalue weighted by molar-refractivity contribution is 0.593. The van der Waals surface area contributed by atoms with Gasteiger partial charge in [0.1, 0.15) is 0 Å². The standard InChI is InChI=1S/C5H7NO2S/c1-9(7,8)6-4-2-3-5-6/h2-5H,1H3/i2D. The fraction of sp³-hybridized carbons (Fsp3) is 0.200. The SMILES string of the molecule is [2H]c1ccn(S(C)(=O)=O)c1. The van der Waals surface area contributed by atoms with E-state index in [9.17, 15) is 8.42 Å². The molecule has 0 atom stereocenters.